The third-order valence-electron chi connectivity index (χ3n) is 3.22. The maximum atomic E-state index is 4.60. The SMILES string of the molecule is CNCc1cnc(N2CCN(C)CC2)nc1C. The lowest BCUT2D eigenvalue weighted by atomic mass is 10.2. The van der Waals surface area contributed by atoms with Crippen molar-refractivity contribution < 1.29 is 0 Å². The quantitative estimate of drug-likeness (QED) is 0.814. The Morgan fingerprint density at radius 2 is 2.00 bits per heavy atom. The number of likely N-dealkylation sites (N-methyl/N-ethyl adjacent to an activating group) is 1. The van der Waals surface area contributed by atoms with E-state index in [2.05, 4.69) is 32.1 Å². The van der Waals surface area contributed by atoms with Crippen LogP contribution in [0.4, 0.5) is 5.95 Å². The van der Waals surface area contributed by atoms with Crippen molar-refractivity contribution in [1.29, 1.82) is 0 Å². The Kier molecular flexibility index (Phi) is 3.91. The molecule has 1 N–H and O–H groups in total. The van der Waals surface area contributed by atoms with Crippen LogP contribution in [0.25, 0.3) is 0 Å². The van der Waals surface area contributed by atoms with Gasteiger partial charge in [-0.25, -0.2) is 9.97 Å². The summed E-state index contributed by atoms with van der Waals surface area (Å²) < 4.78 is 0. The summed E-state index contributed by atoms with van der Waals surface area (Å²) in [5, 5.41) is 3.13. The summed E-state index contributed by atoms with van der Waals surface area (Å²) in [6, 6.07) is 0. The van der Waals surface area contributed by atoms with E-state index in [4.69, 9.17) is 0 Å². The molecule has 1 aromatic heterocycles. The Morgan fingerprint density at radius 1 is 1.29 bits per heavy atom. The lowest BCUT2D eigenvalue weighted by Crippen LogP contribution is -2.45. The number of nitrogens with zero attached hydrogens (tertiary/aromatic N) is 4. The van der Waals surface area contributed by atoms with Crippen LogP contribution >= 0.6 is 0 Å². The molecule has 0 unspecified atom stereocenters. The van der Waals surface area contributed by atoms with E-state index in [-0.39, 0.29) is 0 Å². The van der Waals surface area contributed by atoms with Crippen LogP contribution in [0.5, 0.6) is 0 Å². The van der Waals surface area contributed by atoms with Gasteiger partial charge in [-0.3, -0.25) is 0 Å². The molecule has 2 heterocycles. The van der Waals surface area contributed by atoms with Crippen molar-refractivity contribution in [1.82, 2.24) is 20.2 Å². The smallest absolute Gasteiger partial charge is 0.225 e. The van der Waals surface area contributed by atoms with Crippen LogP contribution in [0.1, 0.15) is 11.3 Å². The molecule has 17 heavy (non-hydrogen) atoms. The van der Waals surface area contributed by atoms with Crippen LogP contribution in [0.3, 0.4) is 0 Å². The third kappa shape index (κ3) is 2.92. The Labute approximate surface area is 103 Å². The Balaban J connectivity index is 2.09. The van der Waals surface area contributed by atoms with Crippen LogP contribution in [0, 0.1) is 6.92 Å². The highest BCUT2D eigenvalue weighted by atomic mass is 15.3. The topological polar surface area (TPSA) is 44.3 Å². The Morgan fingerprint density at radius 3 is 2.59 bits per heavy atom. The van der Waals surface area contributed by atoms with Crippen LogP contribution in [0.2, 0.25) is 0 Å². The fraction of sp³-hybridized carbons (Fsp3) is 0.667. The van der Waals surface area contributed by atoms with E-state index in [9.17, 15) is 0 Å². The van der Waals surface area contributed by atoms with Gasteiger partial charge in [-0.2, -0.15) is 0 Å². The molecule has 5 heteroatoms. The van der Waals surface area contributed by atoms with E-state index in [1.807, 2.05) is 20.2 Å². The van der Waals surface area contributed by atoms with Crippen molar-refractivity contribution in [3.8, 4) is 0 Å². The van der Waals surface area contributed by atoms with Crippen LogP contribution < -0.4 is 10.2 Å². The highest BCUT2D eigenvalue weighted by Crippen LogP contribution is 2.13. The number of piperazine rings is 1. The average Bonchev–Trinajstić information content (AvgIpc) is 2.33. The number of anilines is 1. The molecule has 0 aliphatic carbocycles. The molecule has 1 aliphatic heterocycles. The van der Waals surface area contributed by atoms with E-state index in [0.717, 1.165) is 44.4 Å². The zero-order chi connectivity index (χ0) is 12.3. The predicted molar refractivity (Wildman–Crippen MR) is 69.2 cm³/mol. The lowest BCUT2D eigenvalue weighted by molar-refractivity contribution is 0.311. The highest BCUT2D eigenvalue weighted by molar-refractivity contribution is 5.33. The monoisotopic (exact) mass is 235 g/mol. The van der Waals surface area contributed by atoms with Gasteiger partial charge in [0.1, 0.15) is 0 Å². The molecule has 1 aromatic rings. The summed E-state index contributed by atoms with van der Waals surface area (Å²) in [6.07, 6.45) is 1.94. The van der Waals surface area contributed by atoms with Gasteiger partial charge in [0.2, 0.25) is 5.95 Å². The van der Waals surface area contributed by atoms with Gasteiger partial charge in [0.05, 0.1) is 0 Å². The Bertz CT molecular complexity index is 371. The first kappa shape index (κ1) is 12.3. The molecule has 0 spiro atoms. The summed E-state index contributed by atoms with van der Waals surface area (Å²) >= 11 is 0. The van der Waals surface area contributed by atoms with Gasteiger partial charge >= 0.3 is 0 Å². The number of hydrogen-bond acceptors (Lipinski definition) is 5. The van der Waals surface area contributed by atoms with E-state index >= 15 is 0 Å². The van der Waals surface area contributed by atoms with Gasteiger partial charge < -0.3 is 15.1 Å². The third-order valence-corrected chi connectivity index (χ3v) is 3.22. The summed E-state index contributed by atoms with van der Waals surface area (Å²) in [5.41, 5.74) is 2.24. The largest absolute Gasteiger partial charge is 0.338 e. The molecule has 1 fully saturated rings. The molecule has 0 aromatic carbocycles. The van der Waals surface area contributed by atoms with Crippen molar-refractivity contribution in [2.24, 2.45) is 0 Å². The van der Waals surface area contributed by atoms with Gasteiger partial charge in [0, 0.05) is 50.2 Å². The minimum absolute atomic E-state index is 0.828. The molecule has 5 nitrogen and oxygen atoms in total. The van der Waals surface area contributed by atoms with Crippen molar-refractivity contribution in [2.75, 3.05) is 45.2 Å². The normalized spacial score (nSPS) is 17.5. The molecular weight excluding hydrogens is 214 g/mol. The molecule has 0 atom stereocenters. The van der Waals surface area contributed by atoms with Gasteiger partial charge in [0.25, 0.3) is 0 Å². The number of aromatic nitrogens is 2. The standard InChI is InChI=1S/C12H21N5/c1-10-11(8-13-2)9-14-12(15-10)17-6-4-16(3)5-7-17/h9,13H,4-8H2,1-3H3. The van der Waals surface area contributed by atoms with Gasteiger partial charge in [-0.1, -0.05) is 0 Å². The number of rotatable bonds is 3. The highest BCUT2D eigenvalue weighted by Gasteiger charge is 2.16. The fourth-order valence-electron chi connectivity index (χ4n) is 2.00. The van der Waals surface area contributed by atoms with E-state index in [0.29, 0.717) is 0 Å². The van der Waals surface area contributed by atoms with Gasteiger partial charge in [-0.15, -0.1) is 0 Å². The molecular formula is C12H21N5. The first-order valence-corrected chi connectivity index (χ1v) is 6.11. The minimum Gasteiger partial charge on any atom is -0.338 e. The van der Waals surface area contributed by atoms with Crippen molar-refractivity contribution >= 4 is 5.95 Å². The van der Waals surface area contributed by atoms with Crippen LogP contribution in [0.15, 0.2) is 6.20 Å². The molecule has 0 saturated carbocycles. The zero-order valence-electron chi connectivity index (χ0n) is 10.9. The van der Waals surface area contributed by atoms with Gasteiger partial charge in [-0.05, 0) is 21.0 Å². The van der Waals surface area contributed by atoms with Crippen LogP contribution in [-0.4, -0.2) is 55.1 Å². The first-order valence-electron chi connectivity index (χ1n) is 6.11. The molecule has 2 rings (SSSR count). The van der Waals surface area contributed by atoms with Crippen molar-refractivity contribution in [3.63, 3.8) is 0 Å². The zero-order valence-corrected chi connectivity index (χ0v) is 10.9. The van der Waals surface area contributed by atoms with Crippen molar-refractivity contribution in [2.45, 2.75) is 13.5 Å². The number of aryl methyl sites for hydroxylation is 1. The maximum Gasteiger partial charge on any atom is 0.225 e. The van der Waals surface area contributed by atoms with Crippen molar-refractivity contribution in [3.05, 3.63) is 17.5 Å². The minimum atomic E-state index is 0.828. The second-order valence-electron chi connectivity index (χ2n) is 4.60. The summed E-state index contributed by atoms with van der Waals surface area (Å²) in [7, 11) is 4.09. The molecule has 1 saturated heterocycles. The van der Waals surface area contributed by atoms with E-state index < -0.39 is 0 Å². The molecule has 1 aliphatic rings. The summed E-state index contributed by atoms with van der Waals surface area (Å²) in [4.78, 5) is 13.7. The first-order chi connectivity index (χ1) is 8.20. The molecule has 0 amide bonds. The van der Waals surface area contributed by atoms with Gasteiger partial charge in [0.15, 0.2) is 0 Å². The van der Waals surface area contributed by atoms with Crippen LogP contribution in [-0.2, 0) is 6.54 Å². The second-order valence-corrected chi connectivity index (χ2v) is 4.60. The average molecular weight is 235 g/mol. The molecule has 0 bridgehead atoms. The van der Waals surface area contributed by atoms with E-state index in [1.165, 1.54) is 5.56 Å². The fourth-order valence-corrected chi connectivity index (χ4v) is 2.00. The molecule has 94 valence electrons. The lowest BCUT2D eigenvalue weighted by Gasteiger charge is -2.32. The number of hydrogen-bond donors (Lipinski definition) is 1. The molecule has 0 radical (unpaired) electrons. The Hall–Kier alpha value is -1.20. The second kappa shape index (κ2) is 5.42. The summed E-state index contributed by atoms with van der Waals surface area (Å²) in [6.45, 7) is 7.08. The van der Waals surface area contributed by atoms with E-state index in [1.54, 1.807) is 0 Å². The number of nitrogens with one attached hydrogen (secondary N) is 1. The summed E-state index contributed by atoms with van der Waals surface area (Å²) in [5.74, 6) is 0.871. The maximum absolute atomic E-state index is 4.60. The predicted octanol–water partition coefficient (Wildman–Crippen LogP) is 0.256.